The smallest absolute Gasteiger partial charge is 0.258 e. The summed E-state index contributed by atoms with van der Waals surface area (Å²) in [5.74, 6) is 4.19. The predicted molar refractivity (Wildman–Crippen MR) is 81.7 cm³/mol. The van der Waals surface area contributed by atoms with Crippen LogP contribution in [0.1, 0.15) is 15.9 Å². The van der Waals surface area contributed by atoms with Crippen molar-refractivity contribution in [2.24, 2.45) is 5.73 Å². The van der Waals surface area contributed by atoms with Crippen molar-refractivity contribution in [2.75, 3.05) is 11.9 Å². The Morgan fingerprint density at radius 1 is 1.29 bits per heavy atom. The number of rotatable bonds is 2. The minimum absolute atomic E-state index is 0.0984. The molecule has 0 unspecified atom stereocenters. The molecule has 0 bridgehead atoms. The fourth-order valence-electron chi connectivity index (χ4n) is 1.68. The number of carbonyl (C=O) groups excluding carboxylic acids is 1. The number of para-hydroxylation sites is 1. The van der Waals surface area contributed by atoms with Gasteiger partial charge in [-0.05, 0) is 30.3 Å². The van der Waals surface area contributed by atoms with Crippen molar-refractivity contribution in [3.8, 4) is 11.8 Å². The lowest BCUT2D eigenvalue weighted by Crippen LogP contribution is -2.14. The van der Waals surface area contributed by atoms with Gasteiger partial charge in [0.15, 0.2) is 0 Å². The molecular weight excluding hydrogens is 291 g/mol. The molecule has 0 spiro atoms. The molecule has 2 aromatic carbocycles. The fraction of sp³-hybridized carbons (Fsp3) is 0.0625. The summed E-state index contributed by atoms with van der Waals surface area (Å²) in [6, 6.07) is 10.8. The van der Waals surface area contributed by atoms with E-state index in [-0.39, 0.29) is 12.1 Å². The summed E-state index contributed by atoms with van der Waals surface area (Å²) < 4.78 is 13.8. The molecule has 0 aromatic heterocycles. The van der Waals surface area contributed by atoms with Crippen LogP contribution in [-0.4, -0.2) is 12.5 Å². The van der Waals surface area contributed by atoms with Crippen LogP contribution in [0.3, 0.4) is 0 Å². The van der Waals surface area contributed by atoms with Gasteiger partial charge in [-0.3, -0.25) is 4.79 Å². The molecule has 0 fully saturated rings. The van der Waals surface area contributed by atoms with Gasteiger partial charge in [0.2, 0.25) is 0 Å². The largest absolute Gasteiger partial charge is 0.321 e. The molecule has 2 aromatic rings. The lowest BCUT2D eigenvalue weighted by Gasteiger charge is -2.08. The first-order valence-corrected chi connectivity index (χ1v) is 6.54. The molecule has 106 valence electrons. The van der Waals surface area contributed by atoms with Crippen LogP contribution in [0.15, 0.2) is 42.5 Å². The highest BCUT2D eigenvalue weighted by Crippen LogP contribution is 2.21. The molecule has 0 atom stereocenters. The quantitative estimate of drug-likeness (QED) is 0.838. The van der Waals surface area contributed by atoms with Gasteiger partial charge in [0, 0.05) is 5.56 Å². The molecule has 0 aliphatic heterocycles. The van der Waals surface area contributed by atoms with Crippen molar-refractivity contribution in [3.63, 3.8) is 0 Å². The number of carbonyl (C=O) groups is 1. The fourth-order valence-corrected chi connectivity index (χ4v) is 1.87. The first kappa shape index (κ1) is 15.0. The van der Waals surface area contributed by atoms with Crippen molar-refractivity contribution < 1.29 is 9.18 Å². The van der Waals surface area contributed by atoms with Gasteiger partial charge in [-0.15, -0.1) is 0 Å². The number of anilines is 1. The summed E-state index contributed by atoms with van der Waals surface area (Å²) in [7, 11) is 0. The van der Waals surface area contributed by atoms with E-state index in [1.165, 1.54) is 18.2 Å². The maximum Gasteiger partial charge on any atom is 0.258 e. The SMILES string of the molecule is NCC#Cc1ccc(F)c(C(=O)Nc2ccccc2Cl)c1. The van der Waals surface area contributed by atoms with E-state index >= 15 is 0 Å². The van der Waals surface area contributed by atoms with Crippen molar-refractivity contribution in [3.05, 3.63) is 64.4 Å². The average molecular weight is 303 g/mol. The monoisotopic (exact) mass is 302 g/mol. The molecule has 0 heterocycles. The molecule has 1 amide bonds. The lowest BCUT2D eigenvalue weighted by molar-refractivity contribution is 0.102. The second-order valence-corrected chi connectivity index (χ2v) is 4.54. The summed E-state index contributed by atoms with van der Waals surface area (Å²) in [6.45, 7) is 0.193. The maximum absolute atomic E-state index is 13.8. The minimum Gasteiger partial charge on any atom is -0.321 e. The van der Waals surface area contributed by atoms with Crippen LogP contribution in [0.4, 0.5) is 10.1 Å². The van der Waals surface area contributed by atoms with Crippen molar-refractivity contribution in [1.82, 2.24) is 0 Å². The van der Waals surface area contributed by atoms with E-state index in [0.717, 1.165) is 0 Å². The Balaban J connectivity index is 2.28. The van der Waals surface area contributed by atoms with E-state index < -0.39 is 11.7 Å². The Morgan fingerprint density at radius 3 is 2.76 bits per heavy atom. The summed E-state index contributed by atoms with van der Waals surface area (Å²) >= 11 is 5.95. The summed E-state index contributed by atoms with van der Waals surface area (Å²) in [5, 5.41) is 2.95. The number of halogens is 2. The third kappa shape index (κ3) is 3.82. The van der Waals surface area contributed by atoms with Crippen LogP contribution in [0.5, 0.6) is 0 Å². The third-order valence-corrected chi connectivity index (χ3v) is 3.00. The van der Waals surface area contributed by atoms with Crippen LogP contribution in [0.2, 0.25) is 5.02 Å². The van der Waals surface area contributed by atoms with Crippen LogP contribution in [-0.2, 0) is 0 Å². The van der Waals surface area contributed by atoms with Gasteiger partial charge in [0.1, 0.15) is 5.82 Å². The molecule has 0 saturated heterocycles. The Hall–Kier alpha value is -2.35. The van der Waals surface area contributed by atoms with Gasteiger partial charge in [-0.1, -0.05) is 35.6 Å². The molecule has 3 N–H and O–H groups in total. The molecule has 0 radical (unpaired) electrons. The van der Waals surface area contributed by atoms with Crippen molar-refractivity contribution >= 4 is 23.2 Å². The van der Waals surface area contributed by atoms with Crippen LogP contribution < -0.4 is 11.1 Å². The Labute approximate surface area is 126 Å². The van der Waals surface area contributed by atoms with E-state index in [1.807, 2.05) is 0 Å². The first-order valence-electron chi connectivity index (χ1n) is 6.16. The molecule has 0 aliphatic carbocycles. The van der Waals surface area contributed by atoms with Gasteiger partial charge in [0.25, 0.3) is 5.91 Å². The van der Waals surface area contributed by atoms with Crippen LogP contribution in [0, 0.1) is 17.7 Å². The second kappa shape index (κ2) is 6.89. The Bertz CT molecular complexity index is 735. The van der Waals surface area contributed by atoms with Gasteiger partial charge in [-0.2, -0.15) is 0 Å². The summed E-state index contributed by atoms with van der Waals surface area (Å²) in [4.78, 5) is 12.1. The highest BCUT2D eigenvalue weighted by molar-refractivity contribution is 6.33. The highest BCUT2D eigenvalue weighted by atomic mass is 35.5. The number of nitrogens with one attached hydrogen (secondary N) is 1. The number of benzene rings is 2. The van der Waals surface area contributed by atoms with E-state index in [0.29, 0.717) is 16.3 Å². The number of hydrogen-bond donors (Lipinski definition) is 2. The lowest BCUT2D eigenvalue weighted by atomic mass is 10.1. The normalized spacial score (nSPS) is 9.67. The van der Waals surface area contributed by atoms with Gasteiger partial charge < -0.3 is 11.1 Å². The predicted octanol–water partition coefficient (Wildman–Crippen LogP) is 3.04. The van der Waals surface area contributed by atoms with E-state index in [1.54, 1.807) is 24.3 Å². The van der Waals surface area contributed by atoms with Crippen LogP contribution in [0.25, 0.3) is 0 Å². The molecule has 0 saturated carbocycles. The first-order chi connectivity index (χ1) is 10.1. The Morgan fingerprint density at radius 2 is 2.05 bits per heavy atom. The molecule has 3 nitrogen and oxygen atoms in total. The molecular formula is C16H12ClFN2O. The molecule has 0 aliphatic rings. The zero-order valence-electron chi connectivity index (χ0n) is 11.0. The van der Waals surface area contributed by atoms with Gasteiger partial charge in [-0.25, -0.2) is 4.39 Å². The van der Waals surface area contributed by atoms with Crippen molar-refractivity contribution in [2.45, 2.75) is 0 Å². The zero-order chi connectivity index (χ0) is 15.2. The number of amides is 1. The maximum atomic E-state index is 13.8. The van der Waals surface area contributed by atoms with Gasteiger partial charge in [0.05, 0.1) is 22.8 Å². The van der Waals surface area contributed by atoms with E-state index in [9.17, 15) is 9.18 Å². The molecule has 2 rings (SSSR count). The van der Waals surface area contributed by atoms with Crippen molar-refractivity contribution in [1.29, 1.82) is 0 Å². The molecule has 5 heteroatoms. The number of nitrogens with two attached hydrogens (primary N) is 1. The summed E-state index contributed by atoms with van der Waals surface area (Å²) in [5.41, 5.74) is 6.12. The van der Waals surface area contributed by atoms with Crippen LogP contribution >= 0.6 is 11.6 Å². The highest BCUT2D eigenvalue weighted by Gasteiger charge is 2.13. The Kier molecular flexibility index (Phi) is 4.94. The minimum atomic E-state index is -0.627. The molecule has 21 heavy (non-hydrogen) atoms. The second-order valence-electron chi connectivity index (χ2n) is 4.13. The standard InChI is InChI=1S/C16H12ClFN2O/c17-13-5-1-2-6-15(13)20-16(21)12-10-11(4-3-9-19)7-8-14(12)18/h1-2,5-8,10H,9,19H2,(H,20,21). The zero-order valence-corrected chi connectivity index (χ0v) is 11.7. The third-order valence-electron chi connectivity index (χ3n) is 2.67. The summed E-state index contributed by atoms with van der Waals surface area (Å²) in [6.07, 6.45) is 0. The van der Waals surface area contributed by atoms with E-state index in [4.69, 9.17) is 17.3 Å². The number of hydrogen-bond acceptors (Lipinski definition) is 2. The van der Waals surface area contributed by atoms with E-state index in [2.05, 4.69) is 17.2 Å². The van der Waals surface area contributed by atoms with Gasteiger partial charge >= 0.3 is 0 Å². The average Bonchev–Trinajstić information content (AvgIpc) is 2.48. The topological polar surface area (TPSA) is 55.1 Å².